The molecule has 0 fully saturated rings. The maximum atomic E-state index is 13.5. The number of nitrogens with zero attached hydrogens (tertiary/aromatic N) is 5. The molecule has 7 rings (SSSR count). The van der Waals surface area contributed by atoms with Crippen molar-refractivity contribution in [3.8, 4) is 11.7 Å². The van der Waals surface area contributed by atoms with Gasteiger partial charge in [-0.1, -0.05) is 24.3 Å². The van der Waals surface area contributed by atoms with Gasteiger partial charge in [-0.3, -0.25) is 19.1 Å². The first-order valence-electron chi connectivity index (χ1n) is 15.5. The molecule has 0 unspecified atom stereocenters. The number of amides is 2. The molecule has 2 aliphatic heterocycles. The maximum Gasteiger partial charge on any atom is 0.351 e. The predicted molar refractivity (Wildman–Crippen MR) is 175 cm³/mol. The quantitative estimate of drug-likeness (QED) is 0.244. The zero-order chi connectivity index (χ0) is 32.7. The van der Waals surface area contributed by atoms with Crippen molar-refractivity contribution in [3.05, 3.63) is 99.7 Å². The largest absolute Gasteiger partial charge is 0.463 e. The number of aromatic amines is 1. The second-order valence-electron chi connectivity index (χ2n) is 12.1. The van der Waals surface area contributed by atoms with Gasteiger partial charge in [-0.05, 0) is 60.4 Å². The number of anilines is 2. The number of rotatable bonds is 7. The molecule has 0 spiro atoms. The van der Waals surface area contributed by atoms with Crippen LogP contribution < -0.4 is 26.0 Å². The Bertz CT molecular complexity index is 2070. The second kappa shape index (κ2) is 12.0. The fourth-order valence-electron chi connectivity index (χ4n) is 6.06. The van der Waals surface area contributed by atoms with E-state index in [0.29, 0.717) is 36.2 Å². The fourth-order valence-corrected chi connectivity index (χ4v) is 6.06. The van der Waals surface area contributed by atoms with Crippen LogP contribution in [-0.4, -0.2) is 61.7 Å². The molecule has 0 bridgehead atoms. The summed E-state index contributed by atoms with van der Waals surface area (Å²) in [6, 6.07) is 18.1. The van der Waals surface area contributed by atoms with Gasteiger partial charge >= 0.3 is 5.69 Å². The number of nitrogens with one attached hydrogen (secondary N) is 3. The van der Waals surface area contributed by atoms with Gasteiger partial charge in [0.2, 0.25) is 23.6 Å². The molecular formula is C34H34N8O5. The van der Waals surface area contributed by atoms with Crippen LogP contribution in [0.2, 0.25) is 0 Å². The van der Waals surface area contributed by atoms with E-state index in [9.17, 15) is 14.4 Å². The number of hydrogen-bond acceptors (Lipinski definition) is 9. The van der Waals surface area contributed by atoms with E-state index in [1.165, 1.54) is 6.33 Å². The normalized spacial score (nSPS) is 15.7. The van der Waals surface area contributed by atoms with Gasteiger partial charge in [-0.25, -0.2) is 9.78 Å². The number of ether oxygens (including phenoxy) is 2. The number of aryl methyl sites for hydroxylation is 1. The van der Waals surface area contributed by atoms with Crippen LogP contribution in [0.5, 0.6) is 5.75 Å². The minimum atomic E-state index is -0.772. The van der Waals surface area contributed by atoms with Gasteiger partial charge in [0.05, 0.1) is 17.6 Å². The molecule has 0 radical (unpaired) electrons. The van der Waals surface area contributed by atoms with Gasteiger partial charge in [0.25, 0.3) is 5.91 Å². The molecule has 0 saturated heterocycles. The molecule has 2 amide bonds. The Labute approximate surface area is 270 Å². The van der Waals surface area contributed by atoms with Gasteiger partial charge in [0.1, 0.15) is 18.1 Å². The number of hydrogen-bond donors (Lipinski definition) is 3. The van der Waals surface area contributed by atoms with E-state index in [2.05, 4.69) is 36.6 Å². The number of fused-ring (bicyclic) bond motifs is 3. The summed E-state index contributed by atoms with van der Waals surface area (Å²) in [5.74, 6) is -0.242. The molecule has 0 aliphatic carbocycles. The number of benzene rings is 3. The number of carbonyl (C=O) groups is 2. The Morgan fingerprint density at radius 1 is 1.06 bits per heavy atom. The van der Waals surface area contributed by atoms with Crippen LogP contribution in [0.4, 0.5) is 11.6 Å². The van der Waals surface area contributed by atoms with Gasteiger partial charge in [-0.15, -0.1) is 0 Å². The van der Waals surface area contributed by atoms with Gasteiger partial charge in [-0.2, -0.15) is 9.97 Å². The summed E-state index contributed by atoms with van der Waals surface area (Å²) in [5.41, 5.74) is 4.85. The zero-order valence-electron chi connectivity index (χ0n) is 26.2. The molecule has 2 aromatic heterocycles. The topological polar surface area (TPSA) is 156 Å². The van der Waals surface area contributed by atoms with E-state index in [-0.39, 0.29) is 23.7 Å². The average molecular weight is 635 g/mol. The van der Waals surface area contributed by atoms with Crippen LogP contribution in [0.1, 0.15) is 47.3 Å². The molecule has 240 valence electrons. The molecule has 4 heterocycles. The SMILES string of the molecule is CNC(=O)[C@H](Cc1ccc2c(c1)COC(C)(C)O2)Nc1nc(-n2cnc3cc(C(=O)N4CCCc5ccccc54)ccc32)nc(=O)[nH]1. The van der Waals surface area contributed by atoms with E-state index < -0.39 is 17.5 Å². The summed E-state index contributed by atoms with van der Waals surface area (Å²) in [7, 11) is 1.54. The molecule has 47 heavy (non-hydrogen) atoms. The summed E-state index contributed by atoms with van der Waals surface area (Å²) in [4.78, 5) is 56.6. The van der Waals surface area contributed by atoms with Crippen molar-refractivity contribution in [2.24, 2.45) is 0 Å². The highest BCUT2D eigenvalue weighted by molar-refractivity contribution is 6.08. The lowest BCUT2D eigenvalue weighted by atomic mass is 10.0. The Balaban J connectivity index is 1.13. The van der Waals surface area contributed by atoms with Crippen molar-refractivity contribution < 1.29 is 19.1 Å². The van der Waals surface area contributed by atoms with Crippen LogP contribution in [0.15, 0.2) is 71.8 Å². The first-order chi connectivity index (χ1) is 22.7. The summed E-state index contributed by atoms with van der Waals surface area (Å²) in [6.07, 6.45) is 3.64. The lowest BCUT2D eigenvalue weighted by Crippen LogP contribution is -2.40. The van der Waals surface area contributed by atoms with Crippen molar-refractivity contribution in [1.82, 2.24) is 29.8 Å². The lowest BCUT2D eigenvalue weighted by Gasteiger charge is -2.32. The van der Waals surface area contributed by atoms with Gasteiger partial charge in [0.15, 0.2) is 0 Å². The van der Waals surface area contributed by atoms with E-state index in [1.54, 1.807) is 29.8 Å². The van der Waals surface area contributed by atoms with Gasteiger partial charge < -0.3 is 25.0 Å². The zero-order valence-corrected chi connectivity index (χ0v) is 26.2. The number of para-hydroxylation sites is 1. The standard InChI is InChI=1S/C34H34N8O5/c1-34(2)46-18-23-15-20(10-13-28(23)47-34)16-25(29(43)35-3)37-31-38-32(40-33(45)39-31)42-19-36-24-17-22(11-12-27(24)42)30(44)41-14-6-8-21-7-4-5-9-26(21)41/h4-5,7,9-13,15,17,19,25H,6,8,14,16,18H2,1-3H3,(H,35,43)(H2,37,38,39,40,45)/t25-/m0/s1. The molecule has 13 nitrogen and oxygen atoms in total. The van der Waals surface area contributed by atoms with Crippen LogP contribution in [0.3, 0.4) is 0 Å². The third-order valence-corrected chi connectivity index (χ3v) is 8.37. The van der Waals surface area contributed by atoms with E-state index in [0.717, 1.165) is 41.0 Å². The van der Waals surface area contributed by atoms with Crippen LogP contribution >= 0.6 is 0 Å². The van der Waals surface area contributed by atoms with Crippen molar-refractivity contribution >= 4 is 34.5 Å². The predicted octanol–water partition coefficient (Wildman–Crippen LogP) is 3.51. The number of aromatic nitrogens is 5. The summed E-state index contributed by atoms with van der Waals surface area (Å²) < 4.78 is 13.2. The van der Waals surface area contributed by atoms with Crippen molar-refractivity contribution in [3.63, 3.8) is 0 Å². The minimum absolute atomic E-state index is 0.0594. The Hall–Kier alpha value is -5.56. The Morgan fingerprint density at radius 2 is 1.91 bits per heavy atom. The number of H-pyrrole nitrogens is 1. The highest BCUT2D eigenvalue weighted by Crippen LogP contribution is 2.32. The smallest absolute Gasteiger partial charge is 0.351 e. The lowest BCUT2D eigenvalue weighted by molar-refractivity contribution is -0.180. The highest BCUT2D eigenvalue weighted by Gasteiger charge is 2.28. The van der Waals surface area contributed by atoms with Crippen LogP contribution in [-0.2, 0) is 29.0 Å². The number of imidazole rings is 1. The third-order valence-electron chi connectivity index (χ3n) is 8.37. The summed E-state index contributed by atoms with van der Waals surface area (Å²) in [5, 5.41) is 5.74. The number of likely N-dealkylation sites (N-methyl/N-ethyl adjacent to an activating group) is 1. The minimum Gasteiger partial charge on any atom is -0.463 e. The fraction of sp³-hybridized carbons (Fsp3) is 0.294. The van der Waals surface area contributed by atoms with E-state index in [1.807, 2.05) is 55.1 Å². The average Bonchev–Trinajstić information content (AvgIpc) is 3.50. The Morgan fingerprint density at radius 3 is 2.77 bits per heavy atom. The van der Waals surface area contributed by atoms with Crippen LogP contribution in [0.25, 0.3) is 17.0 Å². The molecule has 3 aromatic carbocycles. The highest BCUT2D eigenvalue weighted by atomic mass is 16.7. The van der Waals surface area contributed by atoms with Crippen molar-refractivity contribution in [2.75, 3.05) is 23.8 Å². The summed E-state index contributed by atoms with van der Waals surface area (Å²) in [6.45, 7) is 4.74. The molecular weight excluding hydrogens is 600 g/mol. The van der Waals surface area contributed by atoms with E-state index >= 15 is 0 Å². The third kappa shape index (κ3) is 6.04. The molecule has 13 heteroatoms. The van der Waals surface area contributed by atoms with Gasteiger partial charge in [0, 0.05) is 50.7 Å². The van der Waals surface area contributed by atoms with E-state index in [4.69, 9.17) is 9.47 Å². The molecule has 0 saturated carbocycles. The van der Waals surface area contributed by atoms with Crippen molar-refractivity contribution in [1.29, 1.82) is 0 Å². The molecule has 3 N–H and O–H groups in total. The first kappa shape index (κ1) is 30.1. The summed E-state index contributed by atoms with van der Waals surface area (Å²) >= 11 is 0. The van der Waals surface area contributed by atoms with Crippen molar-refractivity contribution in [2.45, 2.75) is 51.5 Å². The Kier molecular flexibility index (Phi) is 7.68. The first-order valence-corrected chi connectivity index (χ1v) is 15.5. The molecule has 5 aromatic rings. The number of carbonyl (C=O) groups excluding carboxylic acids is 2. The molecule has 1 atom stereocenters. The monoisotopic (exact) mass is 634 g/mol. The van der Waals surface area contributed by atoms with Crippen LogP contribution in [0, 0.1) is 0 Å². The second-order valence-corrected chi connectivity index (χ2v) is 12.1. The maximum absolute atomic E-state index is 13.5. The molecule has 2 aliphatic rings.